The van der Waals surface area contributed by atoms with Gasteiger partial charge in [0.15, 0.2) is 0 Å². The normalized spacial score (nSPS) is 24.8. The number of hydrogen-bond acceptors (Lipinski definition) is 11. The number of carbonyl (C=O) groups excluding carboxylic acids is 4. The van der Waals surface area contributed by atoms with Crippen LogP contribution in [0.15, 0.2) is 30.4 Å². The highest BCUT2D eigenvalue weighted by molar-refractivity contribution is 7.87. The molecule has 2 aliphatic heterocycles. The Morgan fingerprint density at radius 1 is 1.14 bits per heavy atom. The molecule has 3 aliphatic rings. The third-order valence-corrected chi connectivity index (χ3v) is 13.4. The molecule has 0 unspecified atom stereocenters. The molecular weight excluding hydrogens is 797 g/mol. The molecule has 1 aliphatic carbocycles. The highest BCUT2D eigenvalue weighted by Gasteiger charge is 2.62. The molecule has 0 spiro atoms. The number of rotatable bonds is 9. The van der Waals surface area contributed by atoms with Crippen LogP contribution in [0, 0.1) is 12.8 Å². The number of aromatic nitrogens is 3. The summed E-state index contributed by atoms with van der Waals surface area (Å²) in [5.74, 6) is -2.21. The number of allylic oxidation sites excluding steroid dienone is 1. The molecule has 16 nitrogen and oxygen atoms in total. The van der Waals surface area contributed by atoms with E-state index in [1.54, 1.807) is 32.1 Å². The number of fused-ring (bicyclic) bond motifs is 3. The molecule has 4 amide bonds. The van der Waals surface area contributed by atoms with Crippen LogP contribution in [0.1, 0.15) is 103 Å². The van der Waals surface area contributed by atoms with Gasteiger partial charge < -0.3 is 25.0 Å². The van der Waals surface area contributed by atoms with Crippen LogP contribution in [0.4, 0.5) is 4.79 Å². The average molecular weight is 855 g/mol. The summed E-state index contributed by atoms with van der Waals surface area (Å²) in [6, 6.07) is 4.08. The van der Waals surface area contributed by atoms with E-state index in [9.17, 15) is 27.6 Å². The number of nitrogens with one attached hydrogen (secondary N) is 3. The Hall–Kier alpha value is -4.55. The SMILES string of the molecule is CCn1c(O[C@@H]2C[C@H]3C(=O)N[C@]4(C(=O)NS(=O)(=O)N(C)C)C[C@H]4/C=C\CCCCC[C@H](NC(=O)OC(C)(C)C)C(=O)N3C2)nc2c(-c3nc(C(C)C)c(C)s3)cccc21. The molecule has 1 saturated carbocycles. The second-order valence-corrected chi connectivity index (χ2v) is 20.3. The van der Waals surface area contributed by atoms with E-state index in [-0.39, 0.29) is 25.3 Å². The van der Waals surface area contributed by atoms with Gasteiger partial charge >= 0.3 is 16.3 Å². The first kappa shape index (κ1) is 44.0. The van der Waals surface area contributed by atoms with Gasteiger partial charge in [-0.1, -0.05) is 44.9 Å². The summed E-state index contributed by atoms with van der Waals surface area (Å²) >= 11 is 1.61. The highest BCUT2D eigenvalue weighted by Crippen LogP contribution is 2.46. The summed E-state index contributed by atoms with van der Waals surface area (Å²) in [4.78, 5) is 68.5. The number of hydrogen-bond donors (Lipinski definition) is 3. The smallest absolute Gasteiger partial charge is 0.408 e. The number of ether oxygens (including phenoxy) is 2. The molecule has 59 heavy (non-hydrogen) atoms. The zero-order valence-electron chi connectivity index (χ0n) is 35.5. The van der Waals surface area contributed by atoms with Crippen molar-refractivity contribution in [2.24, 2.45) is 5.92 Å². The van der Waals surface area contributed by atoms with E-state index in [2.05, 4.69) is 36.1 Å². The maximum atomic E-state index is 14.6. The lowest BCUT2D eigenvalue weighted by molar-refractivity contribution is -0.141. The van der Waals surface area contributed by atoms with Crippen LogP contribution in [-0.2, 0) is 35.9 Å². The van der Waals surface area contributed by atoms with Crippen molar-refractivity contribution in [3.05, 3.63) is 40.9 Å². The fourth-order valence-electron chi connectivity index (χ4n) is 7.82. The van der Waals surface area contributed by atoms with Crippen LogP contribution >= 0.6 is 11.3 Å². The Morgan fingerprint density at radius 3 is 2.54 bits per heavy atom. The van der Waals surface area contributed by atoms with Gasteiger partial charge in [-0.25, -0.2) is 14.5 Å². The van der Waals surface area contributed by atoms with Gasteiger partial charge in [0.05, 0.1) is 17.8 Å². The minimum absolute atomic E-state index is 0.0237. The molecule has 0 bridgehead atoms. The number of para-hydroxylation sites is 1. The van der Waals surface area contributed by atoms with Crippen molar-refractivity contribution >= 4 is 56.4 Å². The first-order valence-electron chi connectivity index (χ1n) is 20.4. The number of thiazole rings is 1. The maximum Gasteiger partial charge on any atom is 0.408 e. The Morgan fingerprint density at radius 2 is 1.88 bits per heavy atom. The van der Waals surface area contributed by atoms with Crippen LogP contribution in [0.3, 0.4) is 0 Å². The molecule has 3 N–H and O–H groups in total. The van der Waals surface area contributed by atoms with E-state index in [1.165, 1.54) is 19.0 Å². The van der Waals surface area contributed by atoms with Gasteiger partial charge in [0, 0.05) is 43.4 Å². The van der Waals surface area contributed by atoms with Gasteiger partial charge in [0.25, 0.3) is 11.9 Å². The summed E-state index contributed by atoms with van der Waals surface area (Å²) in [5, 5.41) is 6.49. The standard InChI is InChI=1S/C41H58N8O8S2/c1-10-48-30-20-16-18-28(35-43-32(24(2)3)25(4)58-35)33(30)44-38(48)56-27-21-31-34(50)45-41(37(52)46-59(54,55)47(8)9)22-26(41)17-14-12-11-13-15-19-29(36(51)49(31)23-27)42-39(53)57-40(5,6)7/h14,16-18,20,24,26-27,29,31H,10-13,15,19,21-23H2,1-9H3,(H,42,53)(H,45,50)(H,46,52)/b17-14-/t26-,27-,29+,31+,41-/m1/s1. The third-order valence-electron chi connectivity index (χ3n) is 11.0. The molecule has 0 radical (unpaired) electrons. The predicted molar refractivity (Wildman–Crippen MR) is 225 cm³/mol. The summed E-state index contributed by atoms with van der Waals surface area (Å²) < 4.78 is 42.7. The van der Waals surface area contributed by atoms with Crippen molar-refractivity contribution in [1.29, 1.82) is 0 Å². The van der Waals surface area contributed by atoms with Crippen molar-refractivity contribution in [2.45, 2.75) is 135 Å². The summed E-state index contributed by atoms with van der Waals surface area (Å²) in [5.41, 5.74) is 1.09. The van der Waals surface area contributed by atoms with Crippen LogP contribution in [-0.4, -0.2) is 106 Å². The van der Waals surface area contributed by atoms with E-state index in [4.69, 9.17) is 19.4 Å². The molecule has 1 saturated heterocycles. The fraction of sp³-hybridized carbons (Fsp3) is 0.610. The number of imidazole rings is 1. The van der Waals surface area contributed by atoms with Gasteiger partial charge in [-0.3, -0.25) is 19.0 Å². The highest BCUT2D eigenvalue weighted by atomic mass is 32.2. The lowest BCUT2D eigenvalue weighted by Crippen LogP contribution is -2.58. The van der Waals surface area contributed by atoms with E-state index >= 15 is 0 Å². The van der Waals surface area contributed by atoms with Crippen molar-refractivity contribution < 1.29 is 37.1 Å². The number of aryl methyl sites for hydroxylation is 2. The Balaban J connectivity index is 1.35. The Labute approximate surface area is 350 Å². The second-order valence-electron chi connectivity index (χ2n) is 17.2. The van der Waals surface area contributed by atoms with E-state index in [1.807, 2.05) is 41.8 Å². The largest absolute Gasteiger partial charge is 0.459 e. The molecule has 18 heteroatoms. The van der Waals surface area contributed by atoms with Crippen LogP contribution in [0.25, 0.3) is 21.6 Å². The maximum absolute atomic E-state index is 14.6. The number of alkyl carbamates (subject to hydrolysis) is 1. The average Bonchev–Trinajstić information content (AvgIpc) is 3.41. The van der Waals surface area contributed by atoms with Crippen molar-refractivity contribution in [1.82, 2.24) is 39.1 Å². The molecule has 5 atom stereocenters. The van der Waals surface area contributed by atoms with E-state index in [0.717, 1.165) is 43.8 Å². The Kier molecular flexibility index (Phi) is 12.8. The summed E-state index contributed by atoms with van der Waals surface area (Å²) in [6.45, 7) is 14.0. The minimum atomic E-state index is -4.18. The van der Waals surface area contributed by atoms with Crippen molar-refractivity contribution in [2.75, 3.05) is 20.6 Å². The fourth-order valence-corrected chi connectivity index (χ4v) is 9.51. The molecule has 2 aromatic heterocycles. The second kappa shape index (κ2) is 17.2. The van der Waals surface area contributed by atoms with E-state index in [0.29, 0.717) is 37.3 Å². The third kappa shape index (κ3) is 9.59. The Bertz CT molecular complexity index is 2230. The van der Waals surface area contributed by atoms with Gasteiger partial charge in [-0.15, -0.1) is 11.3 Å². The van der Waals surface area contributed by atoms with Gasteiger partial charge in [0.2, 0.25) is 11.8 Å². The minimum Gasteiger partial charge on any atom is -0.459 e. The molecule has 4 heterocycles. The topological polar surface area (TPSA) is 194 Å². The molecule has 3 aromatic rings. The first-order chi connectivity index (χ1) is 27.7. The lowest BCUT2D eigenvalue weighted by Gasteiger charge is -2.30. The summed E-state index contributed by atoms with van der Waals surface area (Å²) in [7, 11) is -1.58. The summed E-state index contributed by atoms with van der Waals surface area (Å²) in [6.07, 6.45) is 5.64. The van der Waals surface area contributed by atoms with Crippen molar-refractivity contribution in [3.63, 3.8) is 0 Å². The van der Waals surface area contributed by atoms with E-state index < -0.39 is 69.3 Å². The number of benzene rings is 1. The number of nitrogens with zero attached hydrogens (tertiary/aromatic N) is 5. The van der Waals surface area contributed by atoms with Crippen LogP contribution in [0.2, 0.25) is 0 Å². The predicted octanol–water partition coefficient (Wildman–Crippen LogP) is 5.17. The van der Waals surface area contributed by atoms with Gasteiger partial charge in [0.1, 0.15) is 39.9 Å². The quantitative estimate of drug-likeness (QED) is 0.242. The molecular formula is C41H58N8O8S2. The number of amides is 4. The van der Waals surface area contributed by atoms with Gasteiger partial charge in [-0.05, 0) is 78.4 Å². The van der Waals surface area contributed by atoms with Gasteiger partial charge in [-0.2, -0.15) is 17.7 Å². The van der Waals surface area contributed by atoms with Crippen LogP contribution in [0.5, 0.6) is 6.01 Å². The molecule has 6 rings (SSSR count). The zero-order chi connectivity index (χ0) is 43.0. The molecule has 322 valence electrons. The van der Waals surface area contributed by atoms with Crippen molar-refractivity contribution in [3.8, 4) is 16.6 Å². The zero-order valence-corrected chi connectivity index (χ0v) is 37.1. The lowest BCUT2D eigenvalue weighted by atomic mass is 10.0. The monoisotopic (exact) mass is 854 g/mol. The number of carbonyl (C=O) groups is 4. The molecule has 1 aromatic carbocycles. The van der Waals surface area contributed by atoms with Crippen LogP contribution < -0.4 is 20.1 Å². The molecule has 2 fully saturated rings. The first-order valence-corrected chi connectivity index (χ1v) is 22.7.